The Balaban J connectivity index is 1.35. The molecule has 44 heavy (non-hydrogen) atoms. The molecule has 6 rings (SSSR count). The van der Waals surface area contributed by atoms with Crippen LogP contribution >= 0.6 is 0 Å². The topological polar surface area (TPSA) is 120 Å². The van der Waals surface area contributed by atoms with Gasteiger partial charge in [-0.15, -0.1) is 0 Å². The minimum atomic E-state index is -3.68. The van der Waals surface area contributed by atoms with Crippen molar-refractivity contribution < 1.29 is 17.9 Å². The Kier molecular flexibility index (Phi) is 8.65. The SMILES string of the molecule is CN1CCC[C@H](COC(=O)c2cc3ccc(CN)nc3n2Cc2cc(NS(=O)(=O)Cc3ccccc3)cc3ccccc23)C1. The molecule has 1 fully saturated rings. The molecule has 1 atom stereocenters. The lowest BCUT2D eigenvalue weighted by Gasteiger charge is -2.29. The van der Waals surface area contributed by atoms with Gasteiger partial charge < -0.3 is 19.9 Å². The average Bonchev–Trinajstić information content (AvgIpc) is 3.37. The standard InChI is InChI=1S/C34H37N5O4S/c1-38-15-7-10-25(20-38)22-43-34(40)32-18-27-13-14-29(19-35)36-33(27)39(32)21-28-17-30(16-26-11-5-6-12-31(26)28)37-44(41,42)23-24-8-3-2-4-9-24/h2-6,8-9,11-14,16-18,25,37H,7,10,15,19-23,35H2,1H3/t25-/m0/s1. The molecule has 0 aliphatic carbocycles. The number of nitrogens with zero attached hydrogens (tertiary/aromatic N) is 3. The van der Waals surface area contributed by atoms with Crippen molar-refractivity contribution in [2.45, 2.75) is 31.7 Å². The van der Waals surface area contributed by atoms with E-state index in [-0.39, 0.29) is 18.8 Å². The first kappa shape index (κ1) is 29.8. The highest BCUT2D eigenvalue weighted by Gasteiger charge is 2.23. The number of nitrogens with two attached hydrogens (primary N) is 1. The van der Waals surface area contributed by atoms with Crippen LogP contribution in [-0.2, 0) is 33.6 Å². The number of piperidine rings is 1. The van der Waals surface area contributed by atoms with Crippen LogP contribution in [0, 0.1) is 5.92 Å². The molecule has 9 nitrogen and oxygen atoms in total. The van der Waals surface area contributed by atoms with Crippen LogP contribution in [-0.4, -0.2) is 55.6 Å². The average molecular weight is 612 g/mol. The zero-order chi connectivity index (χ0) is 30.7. The Morgan fingerprint density at radius 2 is 1.82 bits per heavy atom. The first-order valence-corrected chi connectivity index (χ1v) is 16.5. The van der Waals surface area contributed by atoms with Crippen LogP contribution in [0.1, 0.15) is 40.2 Å². The summed E-state index contributed by atoms with van der Waals surface area (Å²) in [6.07, 6.45) is 2.12. The Bertz CT molecular complexity index is 1910. The molecular weight excluding hydrogens is 574 g/mol. The van der Waals surface area contributed by atoms with Crippen molar-refractivity contribution in [3.8, 4) is 0 Å². The van der Waals surface area contributed by atoms with Crippen LogP contribution in [0.2, 0.25) is 0 Å². The minimum absolute atomic E-state index is 0.142. The molecule has 228 valence electrons. The summed E-state index contributed by atoms with van der Waals surface area (Å²) >= 11 is 0. The van der Waals surface area contributed by atoms with Gasteiger partial charge >= 0.3 is 5.97 Å². The summed E-state index contributed by atoms with van der Waals surface area (Å²) < 4.78 is 36.8. The van der Waals surface area contributed by atoms with Crippen LogP contribution in [0.15, 0.2) is 84.9 Å². The number of rotatable bonds is 10. The molecule has 2 aromatic heterocycles. The van der Waals surface area contributed by atoms with Crippen LogP contribution in [0.3, 0.4) is 0 Å². The highest BCUT2D eigenvalue weighted by atomic mass is 32.2. The van der Waals surface area contributed by atoms with Crippen molar-refractivity contribution in [2.75, 3.05) is 31.5 Å². The fraction of sp³-hybridized carbons (Fsp3) is 0.294. The minimum Gasteiger partial charge on any atom is -0.461 e. The second-order valence-electron chi connectivity index (χ2n) is 11.6. The first-order chi connectivity index (χ1) is 21.3. The van der Waals surface area contributed by atoms with E-state index in [0.717, 1.165) is 47.7 Å². The van der Waals surface area contributed by atoms with Gasteiger partial charge in [0.2, 0.25) is 10.0 Å². The number of aromatic nitrogens is 2. The number of ether oxygens (including phenoxy) is 1. The third kappa shape index (κ3) is 6.77. The number of likely N-dealkylation sites (tertiary alicyclic amines) is 1. The van der Waals surface area contributed by atoms with Gasteiger partial charge in [-0.05, 0) is 78.7 Å². The van der Waals surface area contributed by atoms with E-state index in [4.69, 9.17) is 15.5 Å². The number of esters is 1. The molecule has 1 saturated heterocycles. The van der Waals surface area contributed by atoms with Crippen LogP contribution in [0.5, 0.6) is 0 Å². The number of carbonyl (C=O) groups is 1. The smallest absolute Gasteiger partial charge is 0.355 e. The molecule has 3 N–H and O–H groups in total. The summed E-state index contributed by atoms with van der Waals surface area (Å²) in [5.74, 6) is -0.256. The van der Waals surface area contributed by atoms with E-state index < -0.39 is 16.0 Å². The molecular formula is C34H37N5O4S. The first-order valence-electron chi connectivity index (χ1n) is 14.9. The number of anilines is 1. The monoisotopic (exact) mass is 611 g/mol. The van der Waals surface area contributed by atoms with Crippen LogP contribution in [0.4, 0.5) is 5.69 Å². The summed E-state index contributed by atoms with van der Waals surface area (Å²) in [7, 11) is -1.59. The van der Waals surface area contributed by atoms with E-state index >= 15 is 0 Å². The van der Waals surface area contributed by atoms with Gasteiger partial charge in [0, 0.05) is 30.1 Å². The van der Waals surface area contributed by atoms with Crippen LogP contribution < -0.4 is 10.5 Å². The number of fused-ring (bicyclic) bond motifs is 2. The van der Waals surface area contributed by atoms with E-state index in [1.54, 1.807) is 12.1 Å². The van der Waals surface area contributed by atoms with E-state index in [0.29, 0.717) is 40.8 Å². The third-order valence-electron chi connectivity index (χ3n) is 8.14. The molecule has 0 bridgehead atoms. The molecule has 3 heterocycles. The quantitative estimate of drug-likeness (QED) is 0.210. The van der Waals surface area contributed by atoms with Gasteiger partial charge in [-0.25, -0.2) is 18.2 Å². The zero-order valence-corrected chi connectivity index (χ0v) is 25.6. The van der Waals surface area contributed by atoms with Crippen molar-refractivity contribution in [1.82, 2.24) is 14.5 Å². The summed E-state index contributed by atoms with van der Waals surface area (Å²) in [5.41, 5.74) is 9.63. The summed E-state index contributed by atoms with van der Waals surface area (Å²) in [4.78, 5) is 20.6. The number of benzene rings is 3. The number of carbonyl (C=O) groups excluding carboxylic acids is 1. The lowest BCUT2D eigenvalue weighted by molar-refractivity contribution is 0.0361. The molecule has 0 radical (unpaired) electrons. The third-order valence-corrected chi connectivity index (χ3v) is 9.40. The Morgan fingerprint density at radius 3 is 2.61 bits per heavy atom. The maximum Gasteiger partial charge on any atom is 0.355 e. The van der Waals surface area contributed by atoms with E-state index in [1.807, 2.05) is 77.4 Å². The van der Waals surface area contributed by atoms with Crippen molar-refractivity contribution >= 4 is 43.5 Å². The summed E-state index contributed by atoms with van der Waals surface area (Å²) in [6.45, 7) is 2.85. The van der Waals surface area contributed by atoms with Gasteiger partial charge in [0.25, 0.3) is 0 Å². The van der Waals surface area contributed by atoms with Gasteiger partial charge in [0.15, 0.2) is 0 Å². The number of sulfonamides is 1. The fourth-order valence-electron chi connectivity index (χ4n) is 6.05. The normalized spacial score (nSPS) is 15.9. The van der Waals surface area contributed by atoms with Crippen LogP contribution in [0.25, 0.3) is 21.8 Å². The lowest BCUT2D eigenvalue weighted by atomic mass is 10.00. The summed E-state index contributed by atoms with van der Waals surface area (Å²) in [5, 5.41) is 2.62. The highest BCUT2D eigenvalue weighted by molar-refractivity contribution is 7.91. The predicted molar refractivity (Wildman–Crippen MR) is 174 cm³/mol. The highest BCUT2D eigenvalue weighted by Crippen LogP contribution is 2.29. The molecule has 1 aliphatic heterocycles. The van der Waals surface area contributed by atoms with Crippen molar-refractivity contribution in [2.24, 2.45) is 11.7 Å². The Morgan fingerprint density at radius 1 is 1.02 bits per heavy atom. The predicted octanol–water partition coefficient (Wildman–Crippen LogP) is 5.14. The van der Waals surface area contributed by atoms with Crippen molar-refractivity contribution in [1.29, 1.82) is 0 Å². The molecule has 1 aliphatic rings. The largest absolute Gasteiger partial charge is 0.461 e. The number of pyridine rings is 1. The molecule has 0 spiro atoms. The lowest BCUT2D eigenvalue weighted by Crippen LogP contribution is -2.34. The van der Waals surface area contributed by atoms with Gasteiger partial charge in [0.05, 0.1) is 24.6 Å². The van der Waals surface area contributed by atoms with E-state index in [2.05, 4.69) is 16.7 Å². The maximum atomic E-state index is 13.6. The number of nitrogens with one attached hydrogen (secondary N) is 1. The van der Waals surface area contributed by atoms with Crippen molar-refractivity contribution in [3.63, 3.8) is 0 Å². The molecule has 10 heteroatoms. The summed E-state index contributed by atoms with van der Waals surface area (Å²) in [6, 6.07) is 26.1. The van der Waals surface area contributed by atoms with E-state index in [9.17, 15) is 13.2 Å². The van der Waals surface area contributed by atoms with Gasteiger partial charge in [0.1, 0.15) is 11.3 Å². The number of hydrogen-bond donors (Lipinski definition) is 2. The van der Waals surface area contributed by atoms with Gasteiger partial charge in [-0.1, -0.05) is 54.6 Å². The molecule has 0 amide bonds. The second-order valence-corrected chi connectivity index (χ2v) is 13.3. The Labute approximate surface area is 257 Å². The van der Waals surface area contributed by atoms with Crippen molar-refractivity contribution in [3.05, 3.63) is 107 Å². The second kappa shape index (κ2) is 12.8. The molecule has 5 aromatic rings. The maximum absolute atomic E-state index is 13.6. The van der Waals surface area contributed by atoms with E-state index in [1.165, 1.54) is 0 Å². The zero-order valence-electron chi connectivity index (χ0n) is 24.8. The van der Waals surface area contributed by atoms with Gasteiger partial charge in [-0.3, -0.25) is 4.72 Å². The Hall–Kier alpha value is -4.25. The molecule has 0 unspecified atom stereocenters. The number of hydrogen-bond acceptors (Lipinski definition) is 7. The molecule has 3 aromatic carbocycles. The molecule has 0 saturated carbocycles. The fourth-order valence-corrected chi connectivity index (χ4v) is 7.23. The van der Waals surface area contributed by atoms with Gasteiger partial charge in [-0.2, -0.15) is 0 Å².